The molecule has 0 aliphatic carbocycles. The van der Waals surface area contributed by atoms with Gasteiger partial charge in [-0.05, 0) is 49.8 Å². The highest BCUT2D eigenvalue weighted by molar-refractivity contribution is 5.93. The summed E-state index contributed by atoms with van der Waals surface area (Å²) in [6, 6.07) is 11.4. The van der Waals surface area contributed by atoms with Crippen LogP contribution in [0.15, 0.2) is 59.7 Å². The van der Waals surface area contributed by atoms with E-state index in [0.29, 0.717) is 11.1 Å². The molecule has 0 saturated heterocycles. The molecule has 0 fully saturated rings. The van der Waals surface area contributed by atoms with Crippen molar-refractivity contribution >= 4 is 12.0 Å². The van der Waals surface area contributed by atoms with Gasteiger partial charge in [-0.1, -0.05) is 18.2 Å². The Balaban J connectivity index is 2.17. The molecule has 2 rings (SSSR count). The maximum Gasteiger partial charge on any atom is 0.387 e. The maximum absolute atomic E-state index is 12.3. The van der Waals surface area contributed by atoms with E-state index in [4.69, 9.17) is 0 Å². The van der Waals surface area contributed by atoms with Crippen LogP contribution in [0.3, 0.4) is 0 Å². The summed E-state index contributed by atoms with van der Waals surface area (Å²) in [6.07, 6.45) is 4.66. The molecule has 24 heavy (non-hydrogen) atoms. The number of halogens is 2. The number of alkyl halides is 2. The van der Waals surface area contributed by atoms with Crippen molar-refractivity contribution < 1.29 is 18.3 Å². The van der Waals surface area contributed by atoms with Crippen molar-refractivity contribution in [3.63, 3.8) is 0 Å². The number of nitrogens with zero attached hydrogens (tertiary/aromatic N) is 2. The van der Waals surface area contributed by atoms with Crippen LogP contribution in [0.5, 0.6) is 5.75 Å². The summed E-state index contributed by atoms with van der Waals surface area (Å²) in [4.78, 5) is 16.7. The lowest BCUT2D eigenvalue weighted by Crippen LogP contribution is -2.26. The molecule has 1 aromatic carbocycles. The van der Waals surface area contributed by atoms with E-state index in [1.807, 2.05) is 19.9 Å². The largest absolute Gasteiger partial charge is 0.435 e. The molecule has 0 N–H and O–H groups in total. The summed E-state index contributed by atoms with van der Waals surface area (Å²) in [5, 5.41) is 0. The molecule has 0 spiro atoms. The summed E-state index contributed by atoms with van der Waals surface area (Å²) >= 11 is 0. The third-order valence-corrected chi connectivity index (χ3v) is 2.99. The number of hydrogen-bond acceptors (Lipinski definition) is 3. The normalized spacial score (nSPS) is 12.3. The van der Waals surface area contributed by atoms with E-state index in [1.54, 1.807) is 36.5 Å². The molecule has 0 aliphatic rings. The number of carbonyl (C=O) groups is 1. The van der Waals surface area contributed by atoms with Crippen molar-refractivity contribution in [3.05, 3.63) is 65.8 Å². The Morgan fingerprint density at radius 2 is 1.88 bits per heavy atom. The van der Waals surface area contributed by atoms with Gasteiger partial charge in [-0.15, -0.1) is 0 Å². The molecule has 0 bridgehead atoms. The monoisotopic (exact) mass is 332 g/mol. The molecule has 0 saturated carbocycles. The molecule has 1 aromatic heterocycles. The first-order chi connectivity index (χ1) is 11.5. The van der Waals surface area contributed by atoms with E-state index < -0.39 is 6.61 Å². The Kier molecular flexibility index (Phi) is 6.01. The number of carbonyl (C=O) groups excluding carboxylic acids is 1. The molecule has 0 atom stereocenters. The molecule has 2 aromatic rings. The van der Waals surface area contributed by atoms with Crippen LogP contribution in [-0.4, -0.2) is 23.1 Å². The van der Waals surface area contributed by atoms with Crippen LogP contribution in [0.1, 0.15) is 24.2 Å². The van der Waals surface area contributed by atoms with Crippen molar-refractivity contribution in [2.75, 3.05) is 0 Å². The van der Waals surface area contributed by atoms with Crippen LogP contribution in [0.2, 0.25) is 0 Å². The maximum atomic E-state index is 12.3. The van der Waals surface area contributed by atoms with Crippen molar-refractivity contribution in [2.24, 2.45) is 4.99 Å². The SMILES string of the molecule is CC(C)N=c1ccccn1C(=O)/C=C\c1ccc(OC(F)F)cc1. The Labute approximate surface area is 138 Å². The van der Waals surface area contributed by atoms with E-state index >= 15 is 0 Å². The number of benzene rings is 1. The van der Waals surface area contributed by atoms with E-state index in [2.05, 4.69) is 9.73 Å². The highest BCUT2D eigenvalue weighted by Crippen LogP contribution is 2.15. The number of pyridine rings is 1. The predicted molar refractivity (Wildman–Crippen MR) is 87.9 cm³/mol. The average molecular weight is 332 g/mol. The molecule has 0 unspecified atom stereocenters. The summed E-state index contributed by atoms with van der Waals surface area (Å²) in [7, 11) is 0. The number of hydrogen-bond donors (Lipinski definition) is 0. The Bertz CT molecular complexity index is 778. The van der Waals surface area contributed by atoms with Crippen LogP contribution in [-0.2, 0) is 0 Å². The predicted octanol–water partition coefficient (Wildman–Crippen LogP) is 3.75. The summed E-state index contributed by atoms with van der Waals surface area (Å²) in [6.45, 7) is 1.01. The second-order valence-corrected chi connectivity index (χ2v) is 5.27. The topological polar surface area (TPSA) is 43.6 Å². The van der Waals surface area contributed by atoms with Crippen LogP contribution in [0, 0.1) is 0 Å². The van der Waals surface area contributed by atoms with Gasteiger partial charge >= 0.3 is 6.61 Å². The lowest BCUT2D eigenvalue weighted by Gasteiger charge is -2.05. The van der Waals surface area contributed by atoms with Gasteiger partial charge in [0.05, 0.1) is 0 Å². The molecule has 0 radical (unpaired) electrons. The lowest BCUT2D eigenvalue weighted by molar-refractivity contribution is -0.0498. The number of allylic oxidation sites excluding steroid dienone is 1. The Morgan fingerprint density at radius 3 is 2.50 bits per heavy atom. The molecule has 126 valence electrons. The first-order valence-electron chi connectivity index (χ1n) is 7.44. The van der Waals surface area contributed by atoms with Crippen LogP contribution >= 0.6 is 0 Å². The summed E-state index contributed by atoms with van der Waals surface area (Å²) in [5.41, 5.74) is 1.27. The number of ether oxygens (including phenoxy) is 1. The van der Waals surface area contributed by atoms with Crippen molar-refractivity contribution in [1.82, 2.24) is 4.57 Å². The van der Waals surface area contributed by atoms with Gasteiger partial charge in [0.2, 0.25) is 0 Å². The molecule has 0 amide bonds. The average Bonchev–Trinajstić information content (AvgIpc) is 2.53. The fourth-order valence-electron chi connectivity index (χ4n) is 2.00. The molecule has 4 nitrogen and oxygen atoms in total. The first kappa shape index (κ1) is 17.6. The van der Waals surface area contributed by atoms with Crippen LogP contribution in [0.25, 0.3) is 6.08 Å². The highest BCUT2D eigenvalue weighted by Gasteiger charge is 2.04. The highest BCUT2D eigenvalue weighted by atomic mass is 19.3. The third-order valence-electron chi connectivity index (χ3n) is 2.99. The molecule has 6 heteroatoms. The lowest BCUT2D eigenvalue weighted by atomic mass is 10.2. The standard InChI is InChI=1S/C18H18F2N2O2/c1-13(2)21-16-5-3-4-12-22(16)17(23)11-8-14-6-9-15(10-7-14)24-18(19)20/h3-13,18H,1-2H3/b11-8-,21-16?. The molecular formula is C18H18F2N2O2. The molecule has 1 heterocycles. The first-order valence-corrected chi connectivity index (χ1v) is 7.44. The zero-order chi connectivity index (χ0) is 17.5. The van der Waals surface area contributed by atoms with E-state index in [0.717, 1.165) is 0 Å². The van der Waals surface area contributed by atoms with Gasteiger partial charge in [-0.2, -0.15) is 8.78 Å². The third kappa shape index (κ3) is 5.15. The zero-order valence-corrected chi connectivity index (χ0v) is 13.4. The van der Waals surface area contributed by atoms with E-state index in [9.17, 15) is 13.6 Å². The minimum Gasteiger partial charge on any atom is -0.435 e. The zero-order valence-electron chi connectivity index (χ0n) is 13.4. The second kappa shape index (κ2) is 8.19. The number of aromatic nitrogens is 1. The molecular weight excluding hydrogens is 314 g/mol. The fourth-order valence-corrected chi connectivity index (χ4v) is 2.00. The van der Waals surface area contributed by atoms with Gasteiger partial charge in [0, 0.05) is 18.3 Å². The van der Waals surface area contributed by atoms with Crippen LogP contribution in [0.4, 0.5) is 8.78 Å². The van der Waals surface area contributed by atoms with E-state index in [-0.39, 0.29) is 17.7 Å². The van der Waals surface area contributed by atoms with Crippen molar-refractivity contribution in [2.45, 2.75) is 26.5 Å². The number of rotatable bonds is 5. The van der Waals surface area contributed by atoms with Gasteiger partial charge in [0.15, 0.2) is 0 Å². The fraction of sp³-hybridized carbons (Fsp3) is 0.222. The quantitative estimate of drug-likeness (QED) is 0.783. The van der Waals surface area contributed by atoms with Gasteiger partial charge < -0.3 is 4.74 Å². The second-order valence-electron chi connectivity index (χ2n) is 5.27. The minimum absolute atomic E-state index is 0.0674. The van der Waals surface area contributed by atoms with Gasteiger partial charge in [0.25, 0.3) is 5.91 Å². The molecule has 0 aliphatic heterocycles. The minimum atomic E-state index is -2.86. The van der Waals surface area contributed by atoms with Crippen LogP contribution < -0.4 is 10.2 Å². The van der Waals surface area contributed by atoms with Crippen molar-refractivity contribution in [1.29, 1.82) is 0 Å². The summed E-state index contributed by atoms with van der Waals surface area (Å²) < 4.78 is 29.9. The van der Waals surface area contributed by atoms with Crippen molar-refractivity contribution in [3.8, 4) is 5.75 Å². The van der Waals surface area contributed by atoms with Gasteiger partial charge in [0.1, 0.15) is 11.2 Å². The Hall–Kier alpha value is -2.76. The van der Waals surface area contributed by atoms with E-state index in [1.165, 1.54) is 22.8 Å². The van der Waals surface area contributed by atoms with Gasteiger partial charge in [-0.3, -0.25) is 14.4 Å². The smallest absolute Gasteiger partial charge is 0.387 e. The summed E-state index contributed by atoms with van der Waals surface area (Å²) in [5.74, 6) is -0.174. The van der Waals surface area contributed by atoms with Gasteiger partial charge in [-0.25, -0.2) is 0 Å². The Morgan fingerprint density at radius 1 is 1.17 bits per heavy atom.